The van der Waals surface area contributed by atoms with Crippen molar-refractivity contribution in [3.63, 3.8) is 0 Å². The molecule has 0 saturated carbocycles. The van der Waals surface area contributed by atoms with E-state index >= 15 is 0 Å². The second kappa shape index (κ2) is 10.0. The average Bonchev–Trinajstić information content (AvgIpc) is 3.48. The fourth-order valence-corrected chi connectivity index (χ4v) is 4.85. The highest BCUT2D eigenvalue weighted by atomic mass is 32.2. The lowest BCUT2D eigenvalue weighted by Gasteiger charge is -2.20. The summed E-state index contributed by atoms with van der Waals surface area (Å²) in [5.74, 6) is 1.70. The van der Waals surface area contributed by atoms with Crippen LogP contribution in [0.4, 0.5) is 0 Å². The maximum Gasteiger partial charge on any atom is 0.235 e. The van der Waals surface area contributed by atoms with Gasteiger partial charge < -0.3 is 14.2 Å². The minimum atomic E-state index is -0.205. The minimum absolute atomic E-state index is 0.180. The minimum Gasteiger partial charge on any atom is -0.496 e. The van der Waals surface area contributed by atoms with E-state index in [0.717, 1.165) is 61.2 Å². The molecule has 0 aliphatic carbocycles. The number of para-hydroxylation sites is 1. The molecule has 4 rings (SSSR count). The van der Waals surface area contributed by atoms with E-state index in [-0.39, 0.29) is 11.2 Å². The molecule has 3 aromatic rings. The molecule has 6 nitrogen and oxygen atoms in total. The first-order chi connectivity index (χ1) is 15.2. The number of rotatable bonds is 8. The van der Waals surface area contributed by atoms with E-state index in [1.807, 2.05) is 42.2 Å². The summed E-state index contributed by atoms with van der Waals surface area (Å²) in [6, 6.07) is 18.2. The number of benzene rings is 2. The number of nitrogens with zero attached hydrogens (tertiary/aromatic N) is 4. The first-order valence-corrected chi connectivity index (χ1v) is 11.6. The van der Waals surface area contributed by atoms with Crippen molar-refractivity contribution < 1.29 is 9.53 Å². The second-order valence-corrected chi connectivity index (χ2v) is 8.99. The van der Waals surface area contributed by atoms with E-state index in [4.69, 9.17) is 4.74 Å². The van der Waals surface area contributed by atoms with Gasteiger partial charge in [-0.2, -0.15) is 0 Å². The van der Waals surface area contributed by atoms with E-state index in [1.54, 1.807) is 7.11 Å². The van der Waals surface area contributed by atoms with Gasteiger partial charge in [0.1, 0.15) is 5.75 Å². The summed E-state index contributed by atoms with van der Waals surface area (Å²) in [4.78, 5) is 14.8. The van der Waals surface area contributed by atoms with Crippen molar-refractivity contribution in [1.29, 1.82) is 0 Å². The lowest BCUT2D eigenvalue weighted by molar-refractivity contribution is -0.129. The number of thioether (sulfide) groups is 1. The van der Waals surface area contributed by atoms with Gasteiger partial charge in [-0.15, -0.1) is 10.2 Å². The number of methoxy groups -OCH3 is 1. The smallest absolute Gasteiger partial charge is 0.235 e. The molecule has 0 N–H and O–H groups in total. The van der Waals surface area contributed by atoms with Gasteiger partial charge in [0.05, 0.1) is 17.9 Å². The number of amides is 1. The third-order valence-corrected chi connectivity index (χ3v) is 6.65. The fraction of sp³-hybridized carbons (Fsp3) is 0.375. The standard InChI is InChI=1S/C24H28N4O2S/c1-18(23(29)27-15-8-9-16-27)31-24-26-25-22(20-12-6-7-13-21(20)30-2)28(24)17-14-19-10-4-3-5-11-19/h3-7,10-13,18H,8-9,14-17H2,1-2H3. The maximum absolute atomic E-state index is 12.8. The van der Waals surface area contributed by atoms with E-state index in [1.165, 1.54) is 17.3 Å². The summed E-state index contributed by atoms with van der Waals surface area (Å²) >= 11 is 1.49. The van der Waals surface area contributed by atoms with Crippen LogP contribution in [-0.4, -0.2) is 51.0 Å². The summed E-state index contributed by atoms with van der Waals surface area (Å²) in [5.41, 5.74) is 2.15. The molecule has 0 bridgehead atoms. The molecule has 2 aromatic carbocycles. The van der Waals surface area contributed by atoms with Gasteiger partial charge >= 0.3 is 0 Å². The summed E-state index contributed by atoms with van der Waals surface area (Å²) in [6.45, 7) is 4.40. The van der Waals surface area contributed by atoms with Crippen molar-refractivity contribution in [3.8, 4) is 17.1 Å². The SMILES string of the molecule is COc1ccccc1-c1nnc(SC(C)C(=O)N2CCCC2)n1CCc1ccccc1. The molecule has 1 atom stereocenters. The number of carbonyl (C=O) groups excluding carboxylic acids is 1. The number of likely N-dealkylation sites (tertiary alicyclic amines) is 1. The van der Waals surface area contributed by atoms with Gasteiger partial charge in [-0.3, -0.25) is 4.79 Å². The number of aryl methyl sites for hydroxylation is 1. The number of ether oxygens (including phenoxy) is 1. The van der Waals surface area contributed by atoms with Gasteiger partial charge in [0, 0.05) is 19.6 Å². The first kappa shape index (κ1) is 21.4. The molecular formula is C24H28N4O2S. The predicted molar refractivity (Wildman–Crippen MR) is 123 cm³/mol. The van der Waals surface area contributed by atoms with Crippen molar-refractivity contribution in [2.24, 2.45) is 0 Å². The Morgan fingerprint density at radius 3 is 2.52 bits per heavy atom. The van der Waals surface area contributed by atoms with Gasteiger partial charge in [0.25, 0.3) is 0 Å². The van der Waals surface area contributed by atoms with Crippen LogP contribution in [-0.2, 0) is 17.8 Å². The Kier molecular flexibility index (Phi) is 6.92. The molecular weight excluding hydrogens is 408 g/mol. The van der Waals surface area contributed by atoms with Crippen LogP contribution in [0.5, 0.6) is 5.75 Å². The molecule has 1 fully saturated rings. The lowest BCUT2D eigenvalue weighted by Crippen LogP contribution is -2.34. The van der Waals surface area contributed by atoms with Crippen molar-refractivity contribution in [2.75, 3.05) is 20.2 Å². The Morgan fingerprint density at radius 1 is 1.06 bits per heavy atom. The van der Waals surface area contributed by atoms with E-state index < -0.39 is 0 Å². The molecule has 1 aromatic heterocycles. The van der Waals surface area contributed by atoms with Crippen LogP contribution in [0.15, 0.2) is 59.8 Å². The molecule has 31 heavy (non-hydrogen) atoms. The number of hydrogen-bond donors (Lipinski definition) is 0. The highest BCUT2D eigenvalue weighted by molar-refractivity contribution is 8.00. The van der Waals surface area contributed by atoms with Gasteiger partial charge in [-0.05, 0) is 43.9 Å². The molecule has 0 radical (unpaired) electrons. The lowest BCUT2D eigenvalue weighted by atomic mass is 10.1. The molecule has 2 heterocycles. The Balaban J connectivity index is 1.62. The Morgan fingerprint density at radius 2 is 1.77 bits per heavy atom. The summed E-state index contributed by atoms with van der Waals surface area (Å²) in [5, 5.41) is 9.54. The topological polar surface area (TPSA) is 60.3 Å². The Bertz CT molecular complexity index is 1020. The van der Waals surface area contributed by atoms with Gasteiger partial charge in [-0.25, -0.2) is 0 Å². The quantitative estimate of drug-likeness (QED) is 0.493. The summed E-state index contributed by atoms with van der Waals surface area (Å²) < 4.78 is 7.68. The van der Waals surface area contributed by atoms with Crippen LogP contribution in [0.25, 0.3) is 11.4 Å². The molecule has 0 spiro atoms. The first-order valence-electron chi connectivity index (χ1n) is 10.7. The van der Waals surface area contributed by atoms with Crippen molar-refractivity contribution in [3.05, 3.63) is 60.2 Å². The monoisotopic (exact) mass is 436 g/mol. The van der Waals surface area contributed by atoms with Crippen LogP contribution >= 0.6 is 11.8 Å². The number of hydrogen-bond acceptors (Lipinski definition) is 5. The second-order valence-electron chi connectivity index (χ2n) is 7.69. The van der Waals surface area contributed by atoms with Gasteiger partial charge in [-0.1, -0.05) is 54.2 Å². The van der Waals surface area contributed by atoms with Crippen LogP contribution in [0, 0.1) is 0 Å². The third-order valence-electron chi connectivity index (χ3n) is 5.58. The third kappa shape index (κ3) is 4.93. The molecule has 1 saturated heterocycles. The zero-order valence-electron chi connectivity index (χ0n) is 18.0. The molecule has 162 valence electrons. The highest BCUT2D eigenvalue weighted by Gasteiger charge is 2.26. The number of aromatic nitrogens is 3. The van der Waals surface area contributed by atoms with Crippen molar-refractivity contribution in [1.82, 2.24) is 19.7 Å². The zero-order valence-corrected chi connectivity index (χ0v) is 18.8. The Labute approximate surface area is 187 Å². The fourth-order valence-electron chi connectivity index (χ4n) is 3.89. The maximum atomic E-state index is 12.8. The largest absolute Gasteiger partial charge is 0.496 e. The van der Waals surface area contributed by atoms with Crippen molar-refractivity contribution in [2.45, 2.75) is 43.1 Å². The molecule has 1 unspecified atom stereocenters. The van der Waals surface area contributed by atoms with Crippen LogP contribution in [0.2, 0.25) is 0 Å². The van der Waals surface area contributed by atoms with Crippen LogP contribution in [0.1, 0.15) is 25.3 Å². The molecule has 1 aliphatic rings. The summed E-state index contributed by atoms with van der Waals surface area (Å²) in [6.07, 6.45) is 3.03. The zero-order chi connectivity index (χ0) is 21.6. The molecule has 1 aliphatic heterocycles. The van der Waals surface area contributed by atoms with Gasteiger partial charge in [0.2, 0.25) is 5.91 Å². The van der Waals surface area contributed by atoms with Crippen LogP contribution < -0.4 is 4.74 Å². The number of carbonyl (C=O) groups is 1. The summed E-state index contributed by atoms with van der Waals surface area (Å²) in [7, 11) is 1.66. The highest BCUT2D eigenvalue weighted by Crippen LogP contribution is 2.32. The predicted octanol–water partition coefficient (Wildman–Crippen LogP) is 4.30. The van der Waals surface area contributed by atoms with Crippen LogP contribution in [0.3, 0.4) is 0 Å². The van der Waals surface area contributed by atoms with Gasteiger partial charge in [0.15, 0.2) is 11.0 Å². The van der Waals surface area contributed by atoms with Crippen molar-refractivity contribution >= 4 is 17.7 Å². The molecule has 1 amide bonds. The molecule has 7 heteroatoms. The van der Waals surface area contributed by atoms with E-state index in [0.29, 0.717) is 0 Å². The van der Waals surface area contributed by atoms with E-state index in [2.05, 4.69) is 39.0 Å². The normalized spacial score (nSPS) is 14.6. The van der Waals surface area contributed by atoms with E-state index in [9.17, 15) is 4.79 Å². The average molecular weight is 437 g/mol. The Hall–Kier alpha value is -2.80.